The van der Waals surface area contributed by atoms with E-state index < -0.39 is 5.60 Å². The number of aliphatic hydroxyl groups is 1. The van der Waals surface area contributed by atoms with Crippen LogP contribution in [0.3, 0.4) is 0 Å². The van der Waals surface area contributed by atoms with Gasteiger partial charge in [0.15, 0.2) is 0 Å². The van der Waals surface area contributed by atoms with Crippen molar-refractivity contribution in [3.63, 3.8) is 0 Å². The summed E-state index contributed by atoms with van der Waals surface area (Å²) >= 11 is 6.26. The quantitative estimate of drug-likeness (QED) is 0.444. The number of methoxy groups -OCH3 is 1. The number of rotatable bonds is 6. The molecule has 0 spiro atoms. The zero-order valence-corrected chi connectivity index (χ0v) is 22.6. The average Bonchev–Trinajstić information content (AvgIpc) is 2.81. The molecule has 1 aliphatic heterocycles. The lowest BCUT2D eigenvalue weighted by atomic mass is 9.57. The molecule has 1 N–H and O–H groups in total. The standard InChI is InChI=1S/C28H41ClN2O4/c1-18-14-24-23(8-6-20(3)28(24,33)16-27(18)35-21(4)32)19(2)17-30-10-12-31(13-11-30)25-15-22(29)7-9-26(25)34-5/h7,9,14-15,19-20,23-24,27,33H,6,8,10-13,16-17H2,1-5H3/t19-,20-,23+,24-,27-,28-/m1/s1. The van der Waals surface area contributed by atoms with Crippen molar-refractivity contribution in [2.45, 2.75) is 58.7 Å². The highest BCUT2D eigenvalue weighted by molar-refractivity contribution is 6.30. The molecule has 0 amide bonds. The Morgan fingerprint density at radius 1 is 1.26 bits per heavy atom. The van der Waals surface area contributed by atoms with Crippen LogP contribution in [0.2, 0.25) is 5.02 Å². The molecule has 194 valence electrons. The van der Waals surface area contributed by atoms with Crippen LogP contribution in [-0.4, -0.2) is 67.5 Å². The Morgan fingerprint density at radius 3 is 2.63 bits per heavy atom. The molecular weight excluding hydrogens is 464 g/mol. The minimum Gasteiger partial charge on any atom is -0.495 e. The molecule has 1 heterocycles. The fraction of sp³-hybridized carbons (Fsp3) is 0.679. The second kappa shape index (κ2) is 10.7. The van der Waals surface area contributed by atoms with Gasteiger partial charge in [0.1, 0.15) is 11.9 Å². The van der Waals surface area contributed by atoms with Gasteiger partial charge in [-0.3, -0.25) is 9.69 Å². The number of piperazine rings is 1. The molecule has 0 radical (unpaired) electrons. The first-order valence-corrected chi connectivity index (χ1v) is 13.4. The van der Waals surface area contributed by atoms with Crippen molar-refractivity contribution in [2.24, 2.45) is 23.7 Å². The Morgan fingerprint density at radius 2 is 1.97 bits per heavy atom. The van der Waals surface area contributed by atoms with Gasteiger partial charge in [-0.1, -0.05) is 31.5 Å². The molecule has 35 heavy (non-hydrogen) atoms. The van der Waals surface area contributed by atoms with Gasteiger partial charge in [-0.25, -0.2) is 0 Å². The molecule has 6 nitrogen and oxygen atoms in total. The van der Waals surface area contributed by atoms with Gasteiger partial charge in [0.2, 0.25) is 0 Å². The number of ether oxygens (including phenoxy) is 2. The maximum Gasteiger partial charge on any atom is 0.303 e. The van der Waals surface area contributed by atoms with Gasteiger partial charge in [-0.15, -0.1) is 0 Å². The van der Waals surface area contributed by atoms with E-state index in [9.17, 15) is 9.90 Å². The van der Waals surface area contributed by atoms with E-state index in [1.807, 2.05) is 25.1 Å². The van der Waals surface area contributed by atoms with E-state index in [0.29, 0.717) is 18.3 Å². The molecule has 7 heteroatoms. The third-order valence-electron chi connectivity index (χ3n) is 8.73. The molecular formula is C28H41ClN2O4. The molecule has 0 aromatic heterocycles. The van der Waals surface area contributed by atoms with Gasteiger partial charge < -0.3 is 19.5 Å². The Balaban J connectivity index is 1.41. The number of benzene rings is 1. The van der Waals surface area contributed by atoms with E-state index in [-0.39, 0.29) is 23.9 Å². The van der Waals surface area contributed by atoms with Crippen LogP contribution in [0.1, 0.15) is 47.0 Å². The summed E-state index contributed by atoms with van der Waals surface area (Å²) in [6, 6.07) is 5.79. The van der Waals surface area contributed by atoms with Gasteiger partial charge in [0, 0.05) is 57.0 Å². The molecule has 1 saturated heterocycles. The summed E-state index contributed by atoms with van der Waals surface area (Å²) in [4.78, 5) is 16.5. The summed E-state index contributed by atoms with van der Waals surface area (Å²) in [5, 5.41) is 12.6. The van der Waals surface area contributed by atoms with Gasteiger partial charge in [0.25, 0.3) is 0 Å². The lowest BCUT2D eigenvalue weighted by Crippen LogP contribution is -2.56. The van der Waals surface area contributed by atoms with Gasteiger partial charge in [0.05, 0.1) is 18.4 Å². The third-order valence-corrected chi connectivity index (χ3v) is 8.96. The number of hydrogen-bond donors (Lipinski definition) is 1. The van der Waals surface area contributed by atoms with Crippen molar-refractivity contribution in [1.29, 1.82) is 0 Å². The van der Waals surface area contributed by atoms with Gasteiger partial charge >= 0.3 is 5.97 Å². The smallest absolute Gasteiger partial charge is 0.303 e. The number of fused-ring (bicyclic) bond motifs is 1. The molecule has 0 unspecified atom stereocenters. The van der Waals surface area contributed by atoms with Crippen molar-refractivity contribution in [1.82, 2.24) is 4.90 Å². The summed E-state index contributed by atoms with van der Waals surface area (Å²) in [7, 11) is 1.70. The highest BCUT2D eigenvalue weighted by Crippen LogP contribution is 2.51. The number of hydrogen-bond acceptors (Lipinski definition) is 6. The third kappa shape index (κ3) is 5.50. The van der Waals surface area contributed by atoms with Crippen LogP contribution >= 0.6 is 11.6 Å². The van der Waals surface area contributed by atoms with Crippen molar-refractivity contribution >= 4 is 23.3 Å². The monoisotopic (exact) mass is 504 g/mol. The van der Waals surface area contributed by atoms with Crippen LogP contribution in [0.15, 0.2) is 29.8 Å². The lowest BCUT2D eigenvalue weighted by Gasteiger charge is -2.53. The number of anilines is 1. The minimum atomic E-state index is -0.821. The zero-order chi connectivity index (χ0) is 25.3. The first-order valence-electron chi connectivity index (χ1n) is 13.0. The van der Waals surface area contributed by atoms with Crippen LogP contribution in [0.25, 0.3) is 0 Å². The Hall–Kier alpha value is -1.76. The number of nitrogens with zero attached hydrogens (tertiary/aromatic N) is 2. The average molecular weight is 505 g/mol. The fourth-order valence-electron chi connectivity index (χ4n) is 6.62. The predicted molar refractivity (Wildman–Crippen MR) is 140 cm³/mol. The van der Waals surface area contributed by atoms with E-state index in [4.69, 9.17) is 21.1 Å². The number of carbonyl (C=O) groups excluding carboxylic acids is 1. The van der Waals surface area contributed by atoms with Crippen molar-refractivity contribution in [3.05, 3.63) is 34.9 Å². The van der Waals surface area contributed by atoms with Crippen molar-refractivity contribution < 1.29 is 19.4 Å². The SMILES string of the molecule is COc1ccc(Cl)cc1N1CCN(C[C@@H](C)[C@@H]2CC[C@@H](C)[C@]3(O)C[C@@H](OC(C)=O)C(C)=C[C@H]23)CC1. The summed E-state index contributed by atoms with van der Waals surface area (Å²) in [6.45, 7) is 12.8. The van der Waals surface area contributed by atoms with Crippen molar-refractivity contribution in [3.8, 4) is 5.75 Å². The summed E-state index contributed by atoms with van der Waals surface area (Å²) in [5.74, 6) is 1.74. The zero-order valence-electron chi connectivity index (χ0n) is 21.8. The minimum absolute atomic E-state index is 0.102. The molecule has 1 aromatic carbocycles. The summed E-state index contributed by atoms with van der Waals surface area (Å²) < 4.78 is 11.1. The van der Waals surface area contributed by atoms with Gasteiger partial charge in [-0.2, -0.15) is 0 Å². The molecule has 0 bridgehead atoms. The van der Waals surface area contributed by atoms with Crippen molar-refractivity contribution in [2.75, 3.05) is 44.7 Å². The van der Waals surface area contributed by atoms with Crippen LogP contribution in [0.4, 0.5) is 5.69 Å². The predicted octanol–water partition coefficient (Wildman–Crippen LogP) is 4.78. The highest BCUT2D eigenvalue weighted by Gasteiger charge is 2.52. The molecule has 1 aromatic rings. The molecule has 3 aliphatic rings. The van der Waals surface area contributed by atoms with E-state index in [0.717, 1.165) is 67.6 Å². The summed E-state index contributed by atoms with van der Waals surface area (Å²) in [6.07, 6.45) is 4.53. The van der Waals surface area contributed by atoms with E-state index in [1.165, 1.54) is 6.92 Å². The first-order chi connectivity index (χ1) is 16.6. The molecule has 6 atom stereocenters. The second-order valence-corrected chi connectivity index (χ2v) is 11.4. The molecule has 2 fully saturated rings. The number of esters is 1. The molecule has 2 aliphatic carbocycles. The fourth-order valence-corrected chi connectivity index (χ4v) is 6.79. The molecule has 4 rings (SSSR count). The van der Waals surface area contributed by atoms with E-state index in [1.54, 1.807) is 7.11 Å². The first kappa shape index (κ1) is 26.3. The maximum atomic E-state index is 11.8. The Labute approximate surface area is 215 Å². The maximum absolute atomic E-state index is 11.8. The topological polar surface area (TPSA) is 62.2 Å². The normalized spacial score (nSPS) is 32.4. The summed E-state index contributed by atoms with van der Waals surface area (Å²) in [5.41, 5.74) is 1.31. The Kier molecular flexibility index (Phi) is 8.04. The largest absolute Gasteiger partial charge is 0.495 e. The molecule has 1 saturated carbocycles. The second-order valence-electron chi connectivity index (χ2n) is 11.0. The van der Waals surface area contributed by atoms with Gasteiger partial charge in [-0.05, 0) is 61.3 Å². The van der Waals surface area contributed by atoms with E-state index in [2.05, 4.69) is 29.7 Å². The highest BCUT2D eigenvalue weighted by atomic mass is 35.5. The van der Waals surface area contributed by atoms with Crippen LogP contribution in [0, 0.1) is 23.7 Å². The Bertz CT molecular complexity index is 945. The lowest BCUT2D eigenvalue weighted by molar-refractivity contribution is -0.159. The van der Waals surface area contributed by atoms with Crippen LogP contribution in [-0.2, 0) is 9.53 Å². The van der Waals surface area contributed by atoms with Crippen LogP contribution in [0.5, 0.6) is 5.75 Å². The van der Waals surface area contributed by atoms with E-state index >= 15 is 0 Å². The number of carbonyl (C=O) groups is 1. The van der Waals surface area contributed by atoms with Crippen LogP contribution < -0.4 is 9.64 Å². The number of halogens is 1.